The maximum atomic E-state index is 12.2. The Balaban J connectivity index is 2.45. The molecule has 13 heteroatoms. The van der Waals surface area contributed by atoms with E-state index in [2.05, 4.69) is 5.32 Å². The second kappa shape index (κ2) is 12.9. The third kappa shape index (κ3) is 8.70. The van der Waals surface area contributed by atoms with Crippen molar-refractivity contribution in [3.63, 3.8) is 0 Å². The van der Waals surface area contributed by atoms with Gasteiger partial charge in [-0.2, -0.15) is 0 Å². The molecule has 0 aromatic carbocycles. The second-order valence-corrected chi connectivity index (χ2v) is 7.39. The van der Waals surface area contributed by atoms with Crippen molar-refractivity contribution in [3.8, 4) is 0 Å². The zero-order valence-corrected chi connectivity index (χ0v) is 17.6. The minimum Gasteiger partial charge on any atom is -0.480 e. The molecule has 4 atom stereocenters. The van der Waals surface area contributed by atoms with Crippen molar-refractivity contribution < 1.29 is 49.5 Å². The van der Waals surface area contributed by atoms with Crippen LogP contribution in [0.25, 0.3) is 0 Å². The number of rotatable bonds is 14. The lowest BCUT2D eigenvalue weighted by atomic mass is 10.1. The molecule has 13 nitrogen and oxygen atoms in total. The van der Waals surface area contributed by atoms with Gasteiger partial charge in [-0.15, -0.1) is 0 Å². The molecule has 0 radical (unpaired) electrons. The number of aliphatic hydroxyl groups is 4. The third-order valence-electron chi connectivity index (χ3n) is 4.80. The lowest BCUT2D eigenvalue weighted by Gasteiger charge is -2.24. The predicted octanol–water partition coefficient (Wildman–Crippen LogP) is -3.43. The number of carboxylic acids is 1. The van der Waals surface area contributed by atoms with Crippen LogP contribution in [0.3, 0.4) is 0 Å². The number of aliphatic hydroxyl groups excluding tert-OH is 4. The van der Waals surface area contributed by atoms with E-state index < -0.39 is 60.6 Å². The van der Waals surface area contributed by atoms with Crippen molar-refractivity contribution in [3.05, 3.63) is 12.2 Å². The summed E-state index contributed by atoms with van der Waals surface area (Å²) in [4.78, 5) is 60.5. The van der Waals surface area contributed by atoms with E-state index in [4.69, 9.17) is 5.11 Å². The summed E-state index contributed by atoms with van der Waals surface area (Å²) in [5.41, 5.74) is 0. The molecule has 0 saturated heterocycles. The van der Waals surface area contributed by atoms with E-state index >= 15 is 0 Å². The Labute approximate surface area is 183 Å². The molecule has 0 fully saturated rings. The first-order valence-electron chi connectivity index (χ1n) is 9.91. The molecule has 32 heavy (non-hydrogen) atoms. The van der Waals surface area contributed by atoms with Crippen molar-refractivity contribution in [2.45, 2.75) is 50.0 Å². The topological polar surface area (TPSA) is 205 Å². The largest absolute Gasteiger partial charge is 0.480 e. The van der Waals surface area contributed by atoms with E-state index in [1.807, 2.05) is 0 Å². The molecule has 6 N–H and O–H groups in total. The Morgan fingerprint density at radius 1 is 1.06 bits per heavy atom. The fourth-order valence-electron chi connectivity index (χ4n) is 2.90. The van der Waals surface area contributed by atoms with Crippen molar-refractivity contribution >= 4 is 29.6 Å². The molecule has 0 bridgehead atoms. The molecule has 180 valence electrons. The average molecular weight is 459 g/mol. The highest BCUT2D eigenvalue weighted by atomic mass is 16.4. The first-order chi connectivity index (χ1) is 15.0. The van der Waals surface area contributed by atoms with Gasteiger partial charge in [0, 0.05) is 51.6 Å². The van der Waals surface area contributed by atoms with Gasteiger partial charge < -0.3 is 35.7 Å². The van der Waals surface area contributed by atoms with Gasteiger partial charge >= 0.3 is 5.97 Å². The molecule has 1 aliphatic rings. The lowest BCUT2D eigenvalue weighted by molar-refractivity contribution is -0.143. The maximum Gasteiger partial charge on any atom is 0.326 e. The number of amides is 4. The van der Waals surface area contributed by atoms with Crippen LogP contribution in [0, 0.1) is 0 Å². The quantitative estimate of drug-likeness (QED) is 0.142. The molecule has 0 aliphatic carbocycles. The number of carbonyl (C=O) groups excluding carboxylic acids is 4. The van der Waals surface area contributed by atoms with Crippen molar-refractivity contribution in [1.82, 2.24) is 15.1 Å². The summed E-state index contributed by atoms with van der Waals surface area (Å²) >= 11 is 0. The summed E-state index contributed by atoms with van der Waals surface area (Å²) in [5.74, 6) is -3.73. The molecule has 4 amide bonds. The van der Waals surface area contributed by atoms with E-state index in [0.29, 0.717) is 0 Å². The zero-order chi connectivity index (χ0) is 24.4. The first kappa shape index (κ1) is 27.2. The van der Waals surface area contributed by atoms with Crippen LogP contribution in [-0.4, -0.2) is 116 Å². The van der Waals surface area contributed by atoms with Crippen LogP contribution in [0.15, 0.2) is 12.2 Å². The van der Waals surface area contributed by atoms with Crippen LogP contribution in [-0.2, 0) is 24.0 Å². The van der Waals surface area contributed by atoms with E-state index in [9.17, 15) is 44.4 Å². The standard InChI is InChI=1S/C19H29N3O10/c1-21(9-11(24)8-13(25)14(26)10-23)16(28)3-2-12(19(31)32)20-15(27)6-7-22-17(29)4-5-18(22)30/h4-5,11-14,23-26H,2-3,6-10H2,1H3,(H,20,27)(H,31,32)/t11-,12+,13+,14-/m1/s1. The van der Waals surface area contributed by atoms with Gasteiger partial charge in [0.1, 0.15) is 12.1 Å². The predicted molar refractivity (Wildman–Crippen MR) is 107 cm³/mol. The van der Waals surface area contributed by atoms with Gasteiger partial charge in [-0.1, -0.05) is 0 Å². The number of carboxylic acid groups (broad SMARTS) is 1. The Morgan fingerprint density at radius 3 is 2.19 bits per heavy atom. The number of likely N-dealkylation sites (N-methyl/N-ethyl adjacent to an activating group) is 1. The Kier molecular flexibility index (Phi) is 10.9. The van der Waals surface area contributed by atoms with Gasteiger partial charge in [0.05, 0.1) is 18.8 Å². The van der Waals surface area contributed by atoms with Crippen LogP contribution in [0.1, 0.15) is 25.7 Å². The van der Waals surface area contributed by atoms with Crippen molar-refractivity contribution in [2.24, 2.45) is 0 Å². The Bertz CT molecular complexity index is 723. The highest BCUT2D eigenvalue weighted by Gasteiger charge is 2.26. The monoisotopic (exact) mass is 459 g/mol. The molecule has 1 heterocycles. The van der Waals surface area contributed by atoms with Crippen molar-refractivity contribution in [2.75, 3.05) is 26.7 Å². The lowest BCUT2D eigenvalue weighted by Crippen LogP contribution is -2.44. The fraction of sp³-hybridized carbons (Fsp3) is 0.632. The van der Waals surface area contributed by atoms with E-state index in [0.717, 1.165) is 22.0 Å². The Morgan fingerprint density at radius 2 is 1.66 bits per heavy atom. The molecule has 0 unspecified atom stereocenters. The van der Waals surface area contributed by atoms with Crippen molar-refractivity contribution in [1.29, 1.82) is 0 Å². The van der Waals surface area contributed by atoms with Gasteiger partial charge in [-0.25, -0.2) is 4.79 Å². The van der Waals surface area contributed by atoms with Gasteiger partial charge in [0.15, 0.2) is 0 Å². The van der Waals surface area contributed by atoms with Gasteiger partial charge in [-0.05, 0) is 6.42 Å². The maximum absolute atomic E-state index is 12.2. The molecular weight excluding hydrogens is 430 g/mol. The highest BCUT2D eigenvalue weighted by Crippen LogP contribution is 2.08. The summed E-state index contributed by atoms with van der Waals surface area (Å²) in [7, 11) is 1.35. The summed E-state index contributed by atoms with van der Waals surface area (Å²) in [6.45, 7) is -1.10. The van der Waals surface area contributed by atoms with Crippen LogP contribution < -0.4 is 5.32 Å². The number of imide groups is 1. The smallest absolute Gasteiger partial charge is 0.326 e. The zero-order valence-electron chi connectivity index (χ0n) is 17.6. The fourth-order valence-corrected chi connectivity index (χ4v) is 2.90. The van der Waals surface area contributed by atoms with Gasteiger partial charge in [0.2, 0.25) is 11.8 Å². The normalized spacial score (nSPS) is 17.1. The van der Waals surface area contributed by atoms with Crippen LogP contribution in [0.2, 0.25) is 0 Å². The number of nitrogens with zero attached hydrogens (tertiary/aromatic N) is 2. The summed E-state index contributed by atoms with van der Waals surface area (Å²) in [6, 6.07) is -1.38. The first-order valence-corrected chi connectivity index (χ1v) is 9.91. The highest BCUT2D eigenvalue weighted by molar-refractivity contribution is 6.13. The number of hydrogen-bond donors (Lipinski definition) is 6. The third-order valence-corrected chi connectivity index (χ3v) is 4.80. The average Bonchev–Trinajstić information content (AvgIpc) is 3.05. The number of aliphatic carboxylic acids is 1. The number of hydrogen-bond acceptors (Lipinski definition) is 9. The summed E-state index contributed by atoms with van der Waals surface area (Å²) in [6.07, 6.45) is -2.97. The SMILES string of the molecule is CN(C[C@H](O)C[C@H](O)[C@H](O)CO)C(=O)CC[C@H](NC(=O)CCN1C(=O)C=CC1=O)C(=O)O. The molecule has 0 aromatic rings. The van der Waals surface area contributed by atoms with Crippen LogP contribution in [0.4, 0.5) is 0 Å². The molecule has 1 aliphatic heterocycles. The van der Waals surface area contributed by atoms with E-state index in [1.54, 1.807) is 0 Å². The molecule has 0 aromatic heterocycles. The Hall–Kier alpha value is -2.87. The minimum atomic E-state index is -1.43. The van der Waals surface area contributed by atoms with Crippen LogP contribution >= 0.6 is 0 Å². The van der Waals surface area contributed by atoms with Gasteiger partial charge in [-0.3, -0.25) is 24.1 Å². The van der Waals surface area contributed by atoms with E-state index in [-0.39, 0.29) is 38.8 Å². The molecular formula is C19H29N3O10. The number of nitrogens with one attached hydrogen (secondary N) is 1. The second-order valence-electron chi connectivity index (χ2n) is 7.39. The van der Waals surface area contributed by atoms with Crippen LogP contribution in [0.5, 0.6) is 0 Å². The number of carbonyl (C=O) groups is 5. The molecule has 0 saturated carbocycles. The minimum absolute atomic E-state index is 0.204. The molecule has 1 rings (SSSR count). The summed E-state index contributed by atoms with van der Waals surface area (Å²) < 4.78 is 0. The van der Waals surface area contributed by atoms with E-state index in [1.165, 1.54) is 7.05 Å². The van der Waals surface area contributed by atoms with Gasteiger partial charge in [0.25, 0.3) is 11.8 Å². The summed E-state index contributed by atoms with van der Waals surface area (Å²) in [5, 5.41) is 49.0. The molecule has 0 spiro atoms.